The van der Waals surface area contributed by atoms with Crippen molar-refractivity contribution in [2.75, 3.05) is 25.5 Å². The second-order valence-electron chi connectivity index (χ2n) is 3.93. The van der Waals surface area contributed by atoms with Crippen LogP contribution >= 0.6 is 11.6 Å². The molecule has 1 unspecified atom stereocenters. The Labute approximate surface area is 102 Å². The largest absolute Gasteiger partial charge is 0.382 e. The summed E-state index contributed by atoms with van der Waals surface area (Å²) in [4.78, 5) is 2.32. The van der Waals surface area contributed by atoms with Gasteiger partial charge in [-0.2, -0.15) is 5.10 Å². The van der Waals surface area contributed by atoms with Crippen molar-refractivity contribution in [2.24, 2.45) is 0 Å². The SMILES string of the molecule is CCC(C)N(C)CCNc1cnnc(Cl)c1. The van der Waals surface area contributed by atoms with Gasteiger partial charge in [0.2, 0.25) is 0 Å². The van der Waals surface area contributed by atoms with E-state index in [1.807, 2.05) is 0 Å². The summed E-state index contributed by atoms with van der Waals surface area (Å²) in [5, 5.41) is 11.1. The number of hydrogen-bond donors (Lipinski definition) is 1. The van der Waals surface area contributed by atoms with E-state index in [0.717, 1.165) is 18.8 Å². The summed E-state index contributed by atoms with van der Waals surface area (Å²) in [6.07, 6.45) is 2.84. The van der Waals surface area contributed by atoms with Crippen LogP contribution in [0.5, 0.6) is 0 Å². The highest BCUT2D eigenvalue weighted by Crippen LogP contribution is 2.09. The van der Waals surface area contributed by atoms with Crippen molar-refractivity contribution in [1.29, 1.82) is 0 Å². The highest BCUT2D eigenvalue weighted by molar-refractivity contribution is 6.29. The number of likely N-dealkylation sites (N-methyl/N-ethyl adjacent to an activating group) is 1. The van der Waals surface area contributed by atoms with Crippen LogP contribution in [0.15, 0.2) is 12.3 Å². The molecule has 1 aromatic rings. The molecule has 0 fully saturated rings. The predicted octanol–water partition coefficient (Wildman–Crippen LogP) is 2.27. The summed E-state index contributed by atoms with van der Waals surface area (Å²) in [5.41, 5.74) is 0.914. The molecule has 1 heterocycles. The lowest BCUT2D eigenvalue weighted by atomic mass is 10.2. The molecular formula is C11H19ClN4. The molecule has 4 nitrogen and oxygen atoms in total. The molecule has 0 bridgehead atoms. The molecule has 0 aliphatic carbocycles. The van der Waals surface area contributed by atoms with Crippen molar-refractivity contribution in [1.82, 2.24) is 15.1 Å². The Bertz CT molecular complexity index is 319. The van der Waals surface area contributed by atoms with Crippen molar-refractivity contribution in [3.8, 4) is 0 Å². The molecule has 1 aromatic heterocycles. The highest BCUT2D eigenvalue weighted by Gasteiger charge is 2.05. The Balaban J connectivity index is 2.30. The van der Waals surface area contributed by atoms with E-state index in [1.165, 1.54) is 6.42 Å². The molecule has 0 aliphatic heterocycles. The third-order valence-electron chi connectivity index (χ3n) is 2.76. The number of halogens is 1. The van der Waals surface area contributed by atoms with Crippen LogP contribution in [0, 0.1) is 0 Å². The van der Waals surface area contributed by atoms with E-state index < -0.39 is 0 Å². The molecule has 0 amide bonds. The number of nitrogens with zero attached hydrogens (tertiary/aromatic N) is 3. The summed E-state index contributed by atoms with van der Waals surface area (Å²) >= 11 is 5.74. The minimum absolute atomic E-state index is 0.417. The zero-order valence-corrected chi connectivity index (χ0v) is 10.8. The summed E-state index contributed by atoms with van der Waals surface area (Å²) in [6, 6.07) is 2.39. The van der Waals surface area contributed by atoms with Crippen LogP contribution in [0.2, 0.25) is 5.15 Å². The second-order valence-corrected chi connectivity index (χ2v) is 4.32. The molecule has 0 aliphatic rings. The van der Waals surface area contributed by atoms with Crippen LogP contribution in [0.1, 0.15) is 20.3 Å². The summed E-state index contributed by atoms with van der Waals surface area (Å²) in [7, 11) is 2.13. The molecule has 0 radical (unpaired) electrons. The first kappa shape index (κ1) is 13.2. The number of nitrogens with one attached hydrogen (secondary N) is 1. The van der Waals surface area contributed by atoms with Crippen LogP contribution < -0.4 is 5.32 Å². The van der Waals surface area contributed by atoms with Crippen molar-refractivity contribution < 1.29 is 0 Å². The molecule has 1 N–H and O–H groups in total. The van der Waals surface area contributed by atoms with E-state index in [2.05, 4.69) is 41.3 Å². The molecule has 1 rings (SSSR count). The molecular weight excluding hydrogens is 224 g/mol. The molecule has 1 atom stereocenters. The maximum Gasteiger partial charge on any atom is 0.153 e. The normalized spacial score (nSPS) is 12.8. The lowest BCUT2D eigenvalue weighted by Gasteiger charge is -2.23. The van der Waals surface area contributed by atoms with Gasteiger partial charge in [0.1, 0.15) is 0 Å². The summed E-state index contributed by atoms with van der Waals surface area (Å²) < 4.78 is 0. The fraction of sp³-hybridized carbons (Fsp3) is 0.636. The lowest BCUT2D eigenvalue weighted by molar-refractivity contribution is 0.261. The molecule has 0 saturated carbocycles. The molecule has 0 saturated heterocycles. The zero-order valence-electron chi connectivity index (χ0n) is 10.1. The Morgan fingerprint density at radius 1 is 1.56 bits per heavy atom. The predicted molar refractivity (Wildman–Crippen MR) is 67.9 cm³/mol. The number of hydrogen-bond acceptors (Lipinski definition) is 4. The third kappa shape index (κ3) is 4.33. The van der Waals surface area contributed by atoms with Gasteiger partial charge in [-0.25, -0.2) is 0 Å². The van der Waals surface area contributed by atoms with E-state index in [4.69, 9.17) is 11.6 Å². The molecule has 5 heteroatoms. The first-order valence-electron chi connectivity index (χ1n) is 5.55. The highest BCUT2D eigenvalue weighted by atomic mass is 35.5. The van der Waals surface area contributed by atoms with E-state index in [1.54, 1.807) is 12.3 Å². The Kier molecular flexibility index (Phi) is 5.49. The molecule has 0 spiro atoms. The third-order valence-corrected chi connectivity index (χ3v) is 2.95. The number of anilines is 1. The van der Waals surface area contributed by atoms with Gasteiger partial charge in [-0.3, -0.25) is 0 Å². The number of rotatable bonds is 6. The van der Waals surface area contributed by atoms with Crippen molar-refractivity contribution in [2.45, 2.75) is 26.3 Å². The van der Waals surface area contributed by atoms with Gasteiger partial charge in [0, 0.05) is 25.2 Å². The topological polar surface area (TPSA) is 41.0 Å². The molecule has 90 valence electrons. The van der Waals surface area contributed by atoms with E-state index in [0.29, 0.717) is 11.2 Å². The average Bonchev–Trinajstić information content (AvgIpc) is 2.28. The monoisotopic (exact) mass is 242 g/mol. The Morgan fingerprint density at radius 3 is 2.94 bits per heavy atom. The smallest absolute Gasteiger partial charge is 0.153 e. The lowest BCUT2D eigenvalue weighted by Crippen LogP contribution is -2.32. The first-order chi connectivity index (χ1) is 7.63. The van der Waals surface area contributed by atoms with Crippen LogP contribution in [0.3, 0.4) is 0 Å². The van der Waals surface area contributed by atoms with Crippen LogP contribution in [-0.2, 0) is 0 Å². The van der Waals surface area contributed by atoms with E-state index in [-0.39, 0.29) is 0 Å². The summed E-state index contributed by atoms with van der Waals surface area (Å²) in [6.45, 7) is 6.30. The van der Waals surface area contributed by atoms with Crippen LogP contribution in [-0.4, -0.2) is 41.3 Å². The fourth-order valence-corrected chi connectivity index (χ4v) is 1.51. The zero-order chi connectivity index (χ0) is 12.0. The van der Waals surface area contributed by atoms with Gasteiger partial charge >= 0.3 is 0 Å². The van der Waals surface area contributed by atoms with Crippen molar-refractivity contribution in [3.63, 3.8) is 0 Å². The van der Waals surface area contributed by atoms with E-state index >= 15 is 0 Å². The summed E-state index contributed by atoms with van der Waals surface area (Å²) in [5.74, 6) is 0. The van der Waals surface area contributed by atoms with Crippen molar-refractivity contribution >= 4 is 17.3 Å². The fourth-order valence-electron chi connectivity index (χ4n) is 1.35. The maximum absolute atomic E-state index is 5.74. The van der Waals surface area contributed by atoms with Gasteiger partial charge in [0.25, 0.3) is 0 Å². The second kappa shape index (κ2) is 6.66. The Morgan fingerprint density at radius 2 is 2.31 bits per heavy atom. The van der Waals surface area contributed by atoms with Crippen LogP contribution in [0.4, 0.5) is 5.69 Å². The Hall–Kier alpha value is -0.870. The van der Waals surface area contributed by atoms with Gasteiger partial charge in [0.05, 0.1) is 11.9 Å². The van der Waals surface area contributed by atoms with Gasteiger partial charge in [-0.15, -0.1) is 5.10 Å². The standard InChI is InChI=1S/C11H19ClN4/c1-4-9(2)16(3)6-5-13-10-7-11(12)15-14-8-10/h7-9H,4-6H2,1-3H3,(H,13,15). The van der Waals surface area contributed by atoms with Crippen molar-refractivity contribution in [3.05, 3.63) is 17.4 Å². The van der Waals surface area contributed by atoms with Gasteiger partial charge in [0.15, 0.2) is 5.15 Å². The van der Waals surface area contributed by atoms with E-state index in [9.17, 15) is 0 Å². The average molecular weight is 243 g/mol. The van der Waals surface area contributed by atoms with Gasteiger partial charge in [-0.1, -0.05) is 18.5 Å². The van der Waals surface area contributed by atoms with Crippen LogP contribution in [0.25, 0.3) is 0 Å². The molecule has 0 aromatic carbocycles. The molecule has 16 heavy (non-hydrogen) atoms. The quantitative estimate of drug-likeness (QED) is 0.831. The van der Waals surface area contributed by atoms with Gasteiger partial charge < -0.3 is 10.2 Å². The minimum atomic E-state index is 0.417. The maximum atomic E-state index is 5.74. The van der Waals surface area contributed by atoms with Gasteiger partial charge in [-0.05, 0) is 20.4 Å². The number of aromatic nitrogens is 2. The minimum Gasteiger partial charge on any atom is -0.382 e. The first-order valence-corrected chi connectivity index (χ1v) is 5.93.